The summed E-state index contributed by atoms with van der Waals surface area (Å²) in [4.78, 5) is 6.58. The minimum Gasteiger partial charge on any atom is -0.355 e. The van der Waals surface area contributed by atoms with Crippen molar-refractivity contribution in [3.8, 4) is 0 Å². The monoisotopic (exact) mass is 319 g/mol. The van der Waals surface area contributed by atoms with E-state index >= 15 is 0 Å². The maximum Gasteiger partial charge on any atom is 0.133 e. The quantitative estimate of drug-likeness (QED) is 0.937. The zero-order valence-electron chi connectivity index (χ0n) is 11.2. The molecule has 0 aliphatic heterocycles. The van der Waals surface area contributed by atoms with Gasteiger partial charge in [-0.1, -0.05) is 34.1 Å². The summed E-state index contributed by atoms with van der Waals surface area (Å²) in [6.45, 7) is 2.79. The first-order valence-corrected chi connectivity index (χ1v) is 7.03. The van der Waals surface area contributed by atoms with Gasteiger partial charge in [-0.15, -0.1) is 0 Å². The van der Waals surface area contributed by atoms with E-state index in [1.165, 1.54) is 5.56 Å². The fourth-order valence-electron chi connectivity index (χ4n) is 2.02. The molecule has 0 spiro atoms. The van der Waals surface area contributed by atoms with Gasteiger partial charge >= 0.3 is 0 Å². The van der Waals surface area contributed by atoms with Crippen molar-refractivity contribution in [3.05, 3.63) is 58.2 Å². The standard InChI is InChI=1S/C15H18BrN3/c1-11(17)14-4-3-9-18-15(14)19(2)10-12-5-7-13(16)8-6-12/h3-9,11H,10,17H2,1-2H3/t11-/m1/s1. The number of aromatic nitrogens is 1. The van der Waals surface area contributed by atoms with Gasteiger partial charge in [0.2, 0.25) is 0 Å². The van der Waals surface area contributed by atoms with Gasteiger partial charge < -0.3 is 10.6 Å². The van der Waals surface area contributed by atoms with Crippen LogP contribution in [0.2, 0.25) is 0 Å². The fourth-order valence-corrected chi connectivity index (χ4v) is 2.29. The summed E-state index contributed by atoms with van der Waals surface area (Å²) in [5.41, 5.74) is 8.31. The predicted molar refractivity (Wildman–Crippen MR) is 83.1 cm³/mol. The molecule has 1 aromatic carbocycles. The molecule has 2 N–H and O–H groups in total. The van der Waals surface area contributed by atoms with Gasteiger partial charge in [-0.25, -0.2) is 4.98 Å². The largest absolute Gasteiger partial charge is 0.355 e. The molecule has 0 amide bonds. The topological polar surface area (TPSA) is 42.1 Å². The molecule has 4 heteroatoms. The number of hydrogen-bond acceptors (Lipinski definition) is 3. The molecule has 0 aliphatic carbocycles. The Hall–Kier alpha value is -1.39. The average molecular weight is 320 g/mol. The summed E-state index contributed by atoms with van der Waals surface area (Å²) in [5, 5.41) is 0. The van der Waals surface area contributed by atoms with Gasteiger partial charge in [-0.05, 0) is 30.7 Å². The van der Waals surface area contributed by atoms with Crippen molar-refractivity contribution in [1.29, 1.82) is 0 Å². The van der Waals surface area contributed by atoms with Gasteiger partial charge in [0.05, 0.1) is 0 Å². The predicted octanol–water partition coefficient (Wildman–Crippen LogP) is 3.50. The van der Waals surface area contributed by atoms with Crippen molar-refractivity contribution in [1.82, 2.24) is 4.98 Å². The first-order valence-electron chi connectivity index (χ1n) is 6.24. The van der Waals surface area contributed by atoms with Crippen LogP contribution in [0.5, 0.6) is 0 Å². The van der Waals surface area contributed by atoms with E-state index in [0.29, 0.717) is 0 Å². The summed E-state index contributed by atoms with van der Waals surface area (Å²) >= 11 is 3.44. The number of benzene rings is 1. The average Bonchev–Trinajstić information content (AvgIpc) is 2.41. The molecule has 0 bridgehead atoms. The fraction of sp³-hybridized carbons (Fsp3) is 0.267. The number of rotatable bonds is 4. The zero-order valence-corrected chi connectivity index (χ0v) is 12.8. The Bertz CT molecular complexity index is 537. The number of hydrogen-bond donors (Lipinski definition) is 1. The van der Waals surface area contributed by atoms with Crippen molar-refractivity contribution < 1.29 is 0 Å². The number of nitrogens with zero attached hydrogens (tertiary/aromatic N) is 2. The molecule has 2 aromatic rings. The van der Waals surface area contributed by atoms with Gasteiger partial charge in [-0.2, -0.15) is 0 Å². The first-order chi connectivity index (χ1) is 9.08. The Morgan fingerprint density at radius 1 is 1.26 bits per heavy atom. The maximum atomic E-state index is 5.99. The van der Waals surface area contributed by atoms with E-state index in [1.54, 1.807) is 6.20 Å². The Kier molecular flexibility index (Phi) is 4.56. The summed E-state index contributed by atoms with van der Waals surface area (Å²) in [6.07, 6.45) is 1.80. The molecule has 0 aliphatic rings. The van der Waals surface area contributed by atoms with Crippen LogP contribution < -0.4 is 10.6 Å². The Labute approximate surface area is 122 Å². The highest BCUT2D eigenvalue weighted by atomic mass is 79.9. The third-order valence-corrected chi connectivity index (χ3v) is 3.53. The van der Waals surface area contributed by atoms with E-state index in [-0.39, 0.29) is 6.04 Å². The molecule has 1 heterocycles. The van der Waals surface area contributed by atoms with Crippen LogP contribution in [0.15, 0.2) is 47.1 Å². The zero-order chi connectivity index (χ0) is 13.8. The molecule has 0 radical (unpaired) electrons. The van der Waals surface area contributed by atoms with Crippen molar-refractivity contribution >= 4 is 21.7 Å². The summed E-state index contributed by atoms with van der Waals surface area (Å²) in [6, 6.07) is 12.3. The number of anilines is 1. The molecule has 100 valence electrons. The highest BCUT2D eigenvalue weighted by Gasteiger charge is 2.11. The highest BCUT2D eigenvalue weighted by Crippen LogP contribution is 2.23. The van der Waals surface area contributed by atoms with E-state index in [4.69, 9.17) is 5.73 Å². The van der Waals surface area contributed by atoms with Crippen LogP contribution in [-0.2, 0) is 6.54 Å². The third-order valence-electron chi connectivity index (χ3n) is 3.00. The van der Waals surface area contributed by atoms with Gasteiger partial charge in [0, 0.05) is 35.9 Å². The SMILES string of the molecule is C[C@@H](N)c1cccnc1N(C)Cc1ccc(Br)cc1. The molecule has 0 saturated heterocycles. The minimum atomic E-state index is -0.0175. The lowest BCUT2D eigenvalue weighted by molar-refractivity contribution is 0.788. The molecule has 1 atom stereocenters. The van der Waals surface area contributed by atoms with Crippen LogP contribution in [0.3, 0.4) is 0 Å². The van der Waals surface area contributed by atoms with Crippen LogP contribution in [0.25, 0.3) is 0 Å². The second-order valence-corrected chi connectivity index (χ2v) is 5.60. The van der Waals surface area contributed by atoms with Crippen LogP contribution in [-0.4, -0.2) is 12.0 Å². The van der Waals surface area contributed by atoms with E-state index in [1.807, 2.05) is 38.2 Å². The number of halogens is 1. The van der Waals surface area contributed by atoms with Gasteiger partial charge in [0.1, 0.15) is 5.82 Å². The lowest BCUT2D eigenvalue weighted by Crippen LogP contribution is -2.21. The third kappa shape index (κ3) is 3.55. The molecule has 3 nitrogen and oxygen atoms in total. The molecule has 19 heavy (non-hydrogen) atoms. The second-order valence-electron chi connectivity index (χ2n) is 4.69. The lowest BCUT2D eigenvalue weighted by atomic mass is 10.1. The van der Waals surface area contributed by atoms with Crippen molar-refractivity contribution in [2.24, 2.45) is 5.73 Å². The summed E-state index contributed by atoms with van der Waals surface area (Å²) < 4.78 is 1.09. The van der Waals surface area contributed by atoms with Crippen molar-refractivity contribution in [2.75, 3.05) is 11.9 Å². The molecule has 2 rings (SSSR count). The van der Waals surface area contributed by atoms with Crippen LogP contribution >= 0.6 is 15.9 Å². The van der Waals surface area contributed by atoms with E-state index in [0.717, 1.165) is 22.4 Å². The summed E-state index contributed by atoms with van der Waals surface area (Å²) in [7, 11) is 2.04. The van der Waals surface area contributed by atoms with Gasteiger partial charge in [0.25, 0.3) is 0 Å². The molecule has 0 unspecified atom stereocenters. The van der Waals surface area contributed by atoms with Crippen molar-refractivity contribution in [3.63, 3.8) is 0 Å². The Balaban J connectivity index is 2.20. The first kappa shape index (κ1) is 14.0. The van der Waals surface area contributed by atoms with Crippen molar-refractivity contribution in [2.45, 2.75) is 19.5 Å². The summed E-state index contributed by atoms with van der Waals surface area (Å²) in [5.74, 6) is 0.945. The van der Waals surface area contributed by atoms with Crippen LogP contribution in [0, 0.1) is 0 Å². The minimum absolute atomic E-state index is 0.0175. The highest BCUT2D eigenvalue weighted by molar-refractivity contribution is 9.10. The smallest absolute Gasteiger partial charge is 0.133 e. The Morgan fingerprint density at radius 2 is 1.95 bits per heavy atom. The maximum absolute atomic E-state index is 5.99. The molecular formula is C15H18BrN3. The van der Waals surface area contributed by atoms with Crippen LogP contribution in [0.4, 0.5) is 5.82 Å². The normalized spacial score (nSPS) is 12.2. The number of nitrogens with two attached hydrogens (primary N) is 1. The van der Waals surface area contributed by atoms with E-state index in [9.17, 15) is 0 Å². The lowest BCUT2D eigenvalue weighted by Gasteiger charge is -2.22. The van der Waals surface area contributed by atoms with Gasteiger partial charge in [-0.3, -0.25) is 0 Å². The Morgan fingerprint density at radius 3 is 2.58 bits per heavy atom. The number of pyridine rings is 1. The second kappa shape index (κ2) is 6.17. The van der Waals surface area contributed by atoms with Crippen LogP contribution in [0.1, 0.15) is 24.1 Å². The molecule has 0 fully saturated rings. The van der Waals surface area contributed by atoms with E-state index in [2.05, 4.69) is 37.9 Å². The van der Waals surface area contributed by atoms with E-state index < -0.39 is 0 Å². The molecule has 1 aromatic heterocycles. The van der Waals surface area contributed by atoms with Gasteiger partial charge in [0.15, 0.2) is 0 Å². The molecular weight excluding hydrogens is 302 g/mol. The molecule has 0 saturated carbocycles.